The second kappa shape index (κ2) is 13.3. The van der Waals surface area contributed by atoms with Crippen LogP contribution in [-0.4, -0.2) is 38.9 Å². The van der Waals surface area contributed by atoms with Crippen molar-refractivity contribution in [3.8, 4) is 11.5 Å². The summed E-state index contributed by atoms with van der Waals surface area (Å²) in [6, 6.07) is 21.3. The fourth-order valence-electron chi connectivity index (χ4n) is 7.88. The number of nitrogens with zero attached hydrogens (tertiary/aromatic N) is 1. The summed E-state index contributed by atoms with van der Waals surface area (Å²) in [4.78, 5) is 2.49. The maximum atomic E-state index is 5.82. The van der Waals surface area contributed by atoms with Crippen LogP contribution in [-0.2, 0) is 0 Å². The van der Waals surface area contributed by atoms with Gasteiger partial charge in [0.15, 0.2) is 0 Å². The summed E-state index contributed by atoms with van der Waals surface area (Å²) in [6.07, 6.45) is 6.33. The van der Waals surface area contributed by atoms with Gasteiger partial charge in [0, 0.05) is 6.04 Å². The van der Waals surface area contributed by atoms with Crippen LogP contribution in [0.5, 0.6) is 11.5 Å². The molecule has 1 saturated carbocycles. The molecular formula is C37H52NO2P. The smallest absolute Gasteiger partial charge is 0.124 e. The molecule has 4 atom stereocenters. The monoisotopic (exact) mass is 573 g/mol. The van der Waals surface area contributed by atoms with E-state index in [0.29, 0.717) is 23.0 Å². The Morgan fingerprint density at radius 3 is 1.76 bits per heavy atom. The van der Waals surface area contributed by atoms with Crippen LogP contribution >= 0.6 is 7.92 Å². The van der Waals surface area contributed by atoms with Gasteiger partial charge in [0.05, 0.1) is 14.2 Å². The molecule has 41 heavy (non-hydrogen) atoms. The molecule has 3 aromatic rings. The maximum absolute atomic E-state index is 5.82. The number of methoxy groups -OCH3 is 2. The Morgan fingerprint density at radius 1 is 0.854 bits per heavy atom. The minimum atomic E-state index is -0.644. The fraction of sp³-hybridized carbons (Fsp3) is 0.514. The van der Waals surface area contributed by atoms with E-state index in [-0.39, 0.29) is 0 Å². The molecule has 0 N–H and O–H groups in total. The van der Waals surface area contributed by atoms with Crippen LogP contribution in [0.2, 0.25) is 0 Å². The first-order valence-corrected chi connectivity index (χ1v) is 16.8. The standard InChI is InChI=1S/C37H52NO2P/c1-11-18-37(6)19-17-33(32(24-37)34(38(7)8)29-15-13-12-14-16-29)41(30-20-25(2)35(39-9)26(3)21-30)31-22-27(4)36(40-10)28(5)23-31/h12-16,20-23,32-34H,11,17-19,24H2,1-10H3/t32-,33?,34-,37?/m1/s1. The largest absolute Gasteiger partial charge is 0.496 e. The van der Waals surface area contributed by atoms with Crippen molar-refractivity contribution in [2.75, 3.05) is 28.3 Å². The molecule has 3 aromatic carbocycles. The van der Waals surface area contributed by atoms with Gasteiger partial charge in [-0.2, -0.15) is 0 Å². The molecule has 3 nitrogen and oxygen atoms in total. The summed E-state index contributed by atoms with van der Waals surface area (Å²) >= 11 is 0. The molecule has 0 aromatic heterocycles. The Balaban J connectivity index is 1.96. The highest BCUT2D eigenvalue weighted by molar-refractivity contribution is 7.73. The van der Waals surface area contributed by atoms with E-state index < -0.39 is 7.92 Å². The Labute approximate surface area is 251 Å². The summed E-state index contributed by atoms with van der Waals surface area (Å²) in [5, 5.41) is 2.94. The molecule has 2 unspecified atom stereocenters. The summed E-state index contributed by atoms with van der Waals surface area (Å²) in [7, 11) is 7.51. The van der Waals surface area contributed by atoms with Gasteiger partial charge in [-0.15, -0.1) is 0 Å². The van der Waals surface area contributed by atoms with Gasteiger partial charge in [-0.1, -0.05) is 50.6 Å². The molecule has 0 aliphatic heterocycles. The lowest BCUT2D eigenvalue weighted by atomic mass is 9.65. The zero-order valence-electron chi connectivity index (χ0n) is 27.2. The first-order chi connectivity index (χ1) is 19.5. The minimum Gasteiger partial charge on any atom is -0.496 e. The van der Waals surface area contributed by atoms with Crippen LogP contribution in [0, 0.1) is 39.0 Å². The predicted octanol–water partition coefficient (Wildman–Crippen LogP) is 8.65. The number of rotatable bonds is 10. The Kier molecular flexibility index (Phi) is 10.2. The van der Waals surface area contributed by atoms with Gasteiger partial charge < -0.3 is 14.4 Å². The molecule has 4 heteroatoms. The summed E-state index contributed by atoms with van der Waals surface area (Å²) in [5.74, 6) is 2.56. The third-order valence-electron chi connectivity index (χ3n) is 9.41. The van der Waals surface area contributed by atoms with Gasteiger partial charge in [-0.3, -0.25) is 0 Å². The zero-order chi connectivity index (χ0) is 29.9. The van der Waals surface area contributed by atoms with Gasteiger partial charge in [0.25, 0.3) is 0 Å². The Bertz CT molecular complexity index is 1210. The first-order valence-electron chi connectivity index (χ1n) is 15.3. The van der Waals surface area contributed by atoms with E-state index in [1.807, 2.05) is 0 Å². The molecule has 1 aliphatic carbocycles. The van der Waals surface area contributed by atoms with Crippen LogP contribution < -0.4 is 20.1 Å². The maximum Gasteiger partial charge on any atom is 0.124 e. The van der Waals surface area contributed by atoms with Crippen molar-refractivity contribution in [2.24, 2.45) is 11.3 Å². The van der Waals surface area contributed by atoms with E-state index in [1.165, 1.54) is 70.5 Å². The van der Waals surface area contributed by atoms with E-state index in [4.69, 9.17) is 9.47 Å². The molecular weight excluding hydrogens is 521 g/mol. The molecule has 0 saturated heterocycles. The molecule has 0 radical (unpaired) electrons. The summed E-state index contributed by atoms with van der Waals surface area (Å²) < 4.78 is 11.6. The normalized spacial score (nSPS) is 21.8. The quantitative estimate of drug-likeness (QED) is 0.227. The van der Waals surface area contributed by atoms with Gasteiger partial charge in [0.2, 0.25) is 0 Å². The topological polar surface area (TPSA) is 21.7 Å². The predicted molar refractivity (Wildman–Crippen MR) is 178 cm³/mol. The van der Waals surface area contributed by atoms with Gasteiger partial charge >= 0.3 is 0 Å². The van der Waals surface area contributed by atoms with E-state index in [2.05, 4.69) is 115 Å². The summed E-state index contributed by atoms with van der Waals surface area (Å²) in [6.45, 7) is 13.7. The molecule has 1 fully saturated rings. The van der Waals surface area contributed by atoms with Crippen LogP contribution in [0.3, 0.4) is 0 Å². The van der Waals surface area contributed by atoms with E-state index >= 15 is 0 Å². The third-order valence-corrected chi connectivity index (χ3v) is 12.3. The lowest BCUT2D eigenvalue weighted by Gasteiger charge is -2.50. The third kappa shape index (κ3) is 6.68. The molecule has 0 spiro atoms. The molecule has 4 rings (SSSR count). The van der Waals surface area contributed by atoms with Gasteiger partial charge in [-0.25, -0.2) is 0 Å². The summed E-state index contributed by atoms with van der Waals surface area (Å²) in [5.41, 5.74) is 7.28. The van der Waals surface area contributed by atoms with E-state index in [1.54, 1.807) is 14.2 Å². The lowest BCUT2D eigenvalue weighted by Crippen LogP contribution is -2.43. The van der Waals surface area contributed by atoms with Crippen LogP contribution in [0.1, 0.15) is 79.8 Å². The molecule has 0 amide bonds. The fourth-order valence-corrected chi connectivity index (χ4v) is 11.3. The van der Waals surface area contributed by atoms with Crippen molar-refractivity contribution in [2.45, 2.75) is 85.3 Å². The van der Waals surface area contributed by atoms with Crippen LogP contribution in [0.15, 0.2) is 54.6 Å². The molecule has 1 aliphatic rings. The minimum absolute atomic E-state index is 0.364. The van der Waals surface area contributed by atoms with Crippen molar-refractivity contribution in [3.05, 3.63) is 82.4 Å². The van der Waals surface area contributed by atoms with Crippen molar-refractivity contribution in [1.29, 1.82) is 0 Å². The van der Waals surface area contributed by atoms with Crippen LogP contribution in [0.4, 0.5) is 0 Å². The average molecular weight is 574 g/mol. The number of hydrogen-bond acceptors (Lipinski definition) is 3. The number of ether oxygens (including phenoxy) is 2. The number of aryl methyl sites for hydroxylation is 4. The molecule has 222 valence electrons. The zero-order valence-corrected chi connectivity index (χ0v) is 28.1. The second-order valence-electron chi connectivity index (χ2n) is 12.9. The van der Waals surface area contributed by atoms with Crippen LogP contribution in [0.25, 0.3) is 0 Å². The van der Waals surface area contributed by atoms with Crippen molar-refractivity contribution in [3.63, 3.8) is 0 Å². The highest BCUT2D eigenvalue weighted by Crippen LogP contribution is 2.58. The van der Waals surface area contributed by atoms with Gasteiger partial charge in [-0.05, 0) is 155 Å². The van der Waals surface area contributed by atoms with E-state index in [0.717, 1.165) is 11.5 Å². The Morgan fingerprint density at radius 2 is 1.34 bits per heavy atom. The number of benzene rings is 3. The SMILES string of the molecule is CCCC1(C)CCC(P(c2cc(C)c(OC)c(C)c2)c2cc(C)c(OC)c(C)c2)[C@H]([C@@H](c2ccccc2)N(C)C)C1. The van der Waals surface area contributed by atoms with Crippen molar-refractivity contribution in [1.82, 2.24) is 4.90 Å². The highest BCUT2D eigenvalue weighted by Gasteiger charge is 2.45. The Hall–Kier alpha value is -2.35. The van der Waals surface area contributed by atoms with Gasteiger partial charge in [0.1, 0.15) is 11.5 Å². The lowest BCUT2D eigenvalue weighted by molar-refractivity contribution is 0.0889. The van der Waals surface area contributed by atoms with Crippen molar-refractivity contribution >= 4 is 18.5 Å². The average Bonchev–Trinajstić information content (AvgIpc) is 2.90. The molecule has 0 bridgehead atoms. The highest BCUT2D eigenvalue weighted by atomic mass is 31.1. The molecule has 0 heterocycles. The number of hydrogen-bond donors (Lipinski definition) is 0. The van der Waals surface area contributed by atoms with Crippen molar-refractivity contribution < 1.29 is 9.47 Å². The first kappa shape index (κ1) is 31.6. The second-order valence-corrected chi connectivity index (χ2v) is 15.4. The van der Waals surface area contributed by atoms with E-state index in [9.17, 15) is 0 Å².